The van der Waals surface area contributed by atoms with Crippen LogP contribution in [0.1, 0.15) is 12.5 Å². The van der Waals surface area contributed by atoms with Gasteiger partial charge in [-0.05, 0) is 25.1 Å². The van der Waals surface area contributed by atoms with Gasteiger partial charge in [0.2, 0.25) is 0 Å². The van der Waals surface area contributed by atoms with Crippen molar-refractivity contribution in [3.05, 3.63) is 23.8 Å². The van der Waals surface area contributed by atoms with Crippen LogP contribution in [0.2, 0.25) is 0 Å². The van der Waals surface area contributed by atoms with E-state index in [1.54, 1.807) is 19.2 Å². The second kappa shape index (κ2) is 8.36. The van der Waals surface area contributed by atoms with Crippen LogP contribution in [0.15, 0.2) is 18.2 Å². The lowest BCUT2D eigenvalue weighted by Crippen LogP contribution is -2.48. The summed E-state index contributed by atoms with van der Waals surface area (Å²) in [7, 11) is 1.56. The average Bonchev–Trinajstić information content (AvgIpc) is 2.40. The van der Waals surface area contributed by atoms with Crippen LogP contribution in [0.25, 0.3) is 0 Å². The SMILES string of the molecule is COc1ccc(OC(F)F)c(CN2CCN[C@@H](C)C2)c1.Cl. The molecule has 1 heterocycles. The Hall–Kier alpha value is -1.11. The summed E-state index contributed by atoms with van der Waals surface area (Å²) < 4.78 is 34.6. The minimum Gasteiger partial charge on any atom is -0.497 e. The van der Waals surface area contributed by atoms with Crippen LogP contribution < -0.4 is 14.8 Å². The average molecular weight is 323 g/mol. The highest BCUT2D eigenvalue weighted by molar-refractivity contribution is 5.85. The van der Waals surface area contributed by atoms with Crippen molar-refractivity contribution in [1.82, 2.24) is 10.2 Å². The van der Waals surface area contributed by atoms with E-state index in [1.807, 2.05) is 0 Å². The van der Waals surface area contributed by atoms with Crippen LogP contribution in [0.4, 0.5) is 8.78 Å². The van der Waals surface area contributed by atoms with Gasteiger partial charge in [0.15, 0.2) is 0 Å². The number of piperazine rings is 1. The molecule has 0 aromatic heterocycles. The third-order valence-corrected chi connectivity index (χ3v) is 3.33. The van der Waals surface area contributed by atoms with Crippen molar-refractivity contribution in [2.24, 2.45) is 0 Å². The van der Waals surface area contributed by atoms with Crippen LogP contribution in [0.5, 0.6) is 11.5 Å². The maximum Gasteiger partial charge on any atom is 0.387 e. The number of ether oxygens (including phenoxy) is 2. The van der Waals surface area contributed by atoms with Gasteiger partial charge in [0.25, 0.3) is 0 Å². The predicted molar refractivity (Wildman–Crippen MR) is 79.6 cm³/mol. The number of halogens is 3. The van der Waals surface area contributed by atoms with Crippen LogP contribution in [0, 0.1) is 0 Å². The summed E-state index contributed by atoms with van der Waals surface area (Å²) in [5, 5.41) is 3.35. The van der Waals surface area contributed by atoms with Crippen LogP contribution in [0.3, 0.4) is 0 Å². The molecule has 1 aromatic rings. The molecule has 0 spiro atoms. The molecule has 120 valence electrons. The highest BCUT2D eigenvalue weighted by Gasteiger charge is 2.18. The van der Waals surface area contributed by atoms with E-state index in [4.69, 9.17) is 4.74 Å². The summed E-state index contributed by atoms with van der Waals surface area (Å²) in [6, 6.07) is 5.31. The molecule has 0 radical (unpaired) electrons. The smallest absolute Gasteiger partial charge is 0.387 e. The molecule has 0 saturated carbocycles. The van der Waals surface area contributed by atoms with Crippen molar-refractivity contribution in [1.29, 1.82) is 0 Å². The van der Waals surface area contributed by atoms with Crippen molar-refractivity contribution in [3.63, 3.8) is 0 Å². The fourth-order valence-corrected chi connectivity index (χ4v) is 2.41. The van der Waals surface area contributed by atoms with E-state index in [0.29, 0.717) is 18.3 Å². The molecule has 1 N–H and O–H groups in total. The first-order valence-electron chi connectivity index (χ1n) is 6.66. The quantitative estimate of drug-likeness (QED) is 0.903. The molecule has 0 aliphatic carbocycles. The number of hydrogen-bond donors (Lipinski definition) is 1. The van der Waals surface area contributed by atoms with Gasteiger partial charge >= 0.3 is 6.61 Å². The second-order valence-electron chi connectivity index (χ2n) is 4.94. The first-order valence-corrected chi connectivity index (χ1v) is 6.66. The molecule has 0 unspecified atom stereocenters. The number of hydrogen-bond acceptors (Lipinski definition) is 4. The molecule has 1 aromatic carbocycles. The molecule has 0 bridgehead atoms. The molecule has 1 saturated heterocycles. The standard InChI is InChI=1S/C14H20F2N2O2.ClH/c1-10-8-18(6-5-17-10)9-11-7-12(19-2)3-4-13(11)20-14(15)16;/h3-4,7,10,14,17H,5-6,8-9H2,1-2H3;1H/t10-;/m0./s1. The number of alkyl halides is 2. The number of nitrogens with one attached hydrogen (secondary N) is 1. The first kappa shape index (κ1) is 17.9. The largest absolute Gasteiger partial charge is 0.497 e. The lowest BCUT2D eigenvalue weighted by molar-refractivity contribution is -0.0508. The lowest BCUT2D eigenvalue weighted by atomic mass is 10.1. The summed E-state index contributed by atoms with van der Waals surface area (Å²) in [5.41, 5.74) is 0.721. The molecule has 1 aliphatic heterocycles. The van der Waals surface area contributed by atoms with Gasteiger partial charge < -0.3 is 14.8 Å². The Labute approximate surface area is 129 Å². The van der Waals surface area contributed by atoms with Crippen molar-refractivity contribution in [2.75, 3.05) is 26.7 Å². The molecule has 1 fully saturated rings. The number of rotatable bonds is 5. The van der Waals surface area contributed by atoms with E-state index in [9.17, 15) is 8.78 Å². The Morgan fingerprint density at radius 2 is 2.19 bits per heavy atom. The van der Waals surface area contributed by atoms with Crippen LogP contribution in [-0.2, 0) is 6.54 Å². The Bertz CT molecular complexity index is 449. The number of methoxy groups -OCH3 is 1. The van der Waals surface area contributed by atoms with Gasteiger partial charge in [-0.2, -0.15) is 8.78 Å². The maximum atomic E-state index is 12.4. The van der Waals surface area contributed by atoms with E-state index in [-0.39, 0.29) is 18.2 Å². The summed E-state index contributed by atoms with van der Waals surface area (Å²) in [6.07, 6.45) is 0. The fourth-order valence-electron chi connectivity index (χ4n) is 2.41. The molecule has 7 heteroatoms. The number of benzene rings is 1. The van der Waals surface area contributed by atoms with Gasteiger partial charge in [0, 0.05) is 37.8 Å². The summed E-state index contributed by atoms with van der Waals surface area (Å²) >= 11 is 0. The van der Waals surface area contributed by atoms with E-state index >= 15 is 0 Å². The fraction of sp³-hybridized carbons (Fsp3) is 0.571. The second-order valence-corrected chi connectivity index (χ2v) is 4.94. The van der Waals surface area contributed by atoms with E-state index in [1.165, 1.54) is 6.07 Å². The highest BCUT2D eigenvalue weighted by atomic mass is 35.5. The zero-order valence-electron chi connectivity index (χ0n) is 12.1. The van der Waals surface area contributed by atoms with Crippen LogP contribution in [-0.4, -0.2) is 44.3 Å². The molecular formula is C14H21ClF2N2O2. The minimum absolute atomic E-state index is 0. The molecule has 4 nitrogen and oxygen atoms in total. The van der Waals surface area contributed by atoms with Crippen molar-refractivity contribution >= 4 is 12.4 Å². The molecular weight excluding hydrogens is 302 g/mol. The summed E-state index contributed by atoms with van der Waals surface area (Å²) in [6.45, 7) is 2.53. The third kappa shape index (κ3) is 5.30. The van der Waals surface area contributed by atoms with Crippen molar-refractivity contribution < 1.29 is 18.3 Å². The Morgan fingerprint density at radius 3 is 2.81 bits per heavy atom. The van der Waals surface area contributed by atoms with Gasteiger partial charge in [-0.3, -0.25) is 4.90 Å². The third-order valence-electron chi connectivity index (χ3n) is 3.33. The van der Waals surface area contributed by atoms with E-state index in [0.717, 1.165) is 25.2 Å². The Kier molecular flexibility index (Phi) is 7.14. The number of nitrogens with zero attached hydrogens (tertiary/aromatic N) is 1. The normalized spacial score (nSPS) is 19.2. The monoisotopic (exact) mass is 322 g/mol. The minimum atomic E-state index is -2.82. The van der Waals surface area contributed by atoms with Gasteiger partial charge in [-0.25, -0.2) is 0 Å². The predicted octanol–water partition coefficient (Wildman–Crippen LogP) is 2.51. The summed E-state index contributed by atoms with van der Waals surface area (Å²) in [4.78, 5) is 2.22. The van der Waals surface area contributed by atoms with Crippen molar-refractivity contribution in [2.45, 2.75) is 26.1 Å². The molecule has 1 aliphatic rings. The first-order chi connectivity index (χ1) is 9.58. The molecule has 1 atom stereocenters. The topological polar surface area (TPSA) is 33.7 Å². The van der Waals surface area contributed by atoms with Gasteiger partial charge in [0.05, 0.1) is 7.11 Å². The molecule has 2 rings (SSSR count). The van der Waals surface area contributed by atoms with E-state index < -0.39 is 6.61 Å². The lowest BCUT2D eigenvalue weighted by Gasteiger charge is -2.32. The van der Waals surface area contributed by atoms with Crippen LogP contribution >= 0.6 is 12.4 Å². The maximum absolute atomic E-state index is 12.4. The zero-order valence-corrected chi connectivity index (χ0v) is 13.0. The Morgan fingerprint density at radius 1 is 1.43 bits per heavy atom. The van der Waals surface area contributed by atoms with Crippen molar-refractivity contribution in [3.8, 4) is 11.5 Å². The highest BCUT2D eigenvalue weighted by Crippen LogP contribution is 2.27. The molecule has 0 amide bonds. The van der Waals surface area contributed by atoms with E-state index in [2.05, 4.69) is 21.9 Å². The zero-order chi connectivity index (χ0) is 14.5. The summed E-state index contributed by atoms with van der Waals surface area (Å²) in [5.74, 6) is 0.858. The van der Waals surface area contributed by atoms with Gasteiger partial charge in [-0.1, -0.05) is 0 Å². The van der Waals surface area contributed by atoms with Gasteiger partial charge in [0.1, 0.15) is 11.5 Å². The van der Waals surface area contributed by atoms with Gasteiger partial charge in [-0.15, -0.1) is 12.4 Å². The Balaban J connectivity index is 0.00000220. The molecule has 21 heavy (non-hydrogen) atoms.